The fourth-order valence-electron chi connectivity index (χ4n) is 3.69. The van der Waals surface area contributed by atoms with Crippen molar-refractivity contribution in [1.29, 1.82) is 0 Å². The second-order valence-electron chi connectivity index (χ2n) is 9.14. The van der Waals surface area contributed by atoms with Gasteiger partial charge in [-0.3, -0.25) is 9.78 Å². The summed E-state index contributed by atoms with van der Waals surface area (Å²) in [5.74, 6) is 2.31. The fraction of sp³-hybridized carbons (Fsp3) is 0.414. The van der Waals surface area contributed by atoms with Gasteiger partial charge in [0.2, 0.25) is 11.7 Å². The molecule has 0 fully saturated rings. The van der Waals surface area contributed by atoms with E-state index in [1.165, 1.54) is 19.8 Å². The topological polar surface area (TPSA) is 106 Å². The summed E-state index contributed by atoms with van der Waals surface area (Å²) in [5.41, 5.74) is 3.48. The molecule has 4 aromatic rings. The van der Waals surface area contributed by atoms with Crippen molar-refractivity contribution in [2.24, 2.45) is 5.92 Å². The smallest absolute Gasteiger partial charge is 0.222 e. The predicted octanol–water partition coefficient (Wildman–Crippen LogP) is 6.30. The van der Waals surface area contributed by atoms with Crippen molar-refractivity contribution in [3.05, 3.63) is 60.6 Å². The van der Waals surface area contributed by atoms with Gasteiger partial charge in [0.05, 0.1) is 0 Å². The van der Waals surface area contributed by atoms with Crippen molar-refractivity contribution < 1.29 is 9.53 Å². The van der Waals surface area contributed by atoms with Gasteiger partial charge in [-0.2, -0.15) is 0 Å². The zero-order valence-electron chi connectivity index (χ0n) is 23.1. The Balaban J connectivity index is 0.000000342. The third kappa shape index (κ3) is 8.34. The zero-order chi connectivity index (χ0) is 27.3. The van der Waals surface area contributed by atoms with Crippen LogP contribution >= 0.6 is 0 Å². The lowest BCUT2D eigenvalue weighted by atomic mass is 10.1. The van der Waals surface area contributed by atoms with Gasteiger partial charge >= 0.3 is 0 Å². The van der Waals surface area contributed by atoms with Crippen molar-refractivity contribution in [3.63, 3.8) is 0 Å². The number of rotatable bonds is 11. The minimum atomic E-state index is -0.175. The highest BCUT2D eigenvalue weighted by molar-refractivity contribution is 5.88. The van der Waals surface area contributed by atoms with E-state index in [0.717, 1.165) is 48.7 Å². The molecule has 0 radical (unpaired) electrons. The average Bonchev–Trinajstić information content (AvgIpc) is 3.35. The van der Waals surface area contributed by atoms with Crippen LogP contribution in [0.4, 0.5) is 17.3 Å². The zero-order valence-corrected chi connectivity index (χ0v) is 23.1. The van der Waals surface area contributed by atoms with Crippen LogP contribution in [0.5, 0.6) is 0 Å². The van der Waals surface area contributed by atoms with Crippen LogP contribution in [-0.2, 0) is 16.0 Å². The molecule has 1 atom stereocenters. The van der Waals surface area contributed by atoms with E-state index in [1.807, 2.05) is 41.0 Å². The summed E-state index contributed by atoms with van der Waals surface area (Å²) in [6.07, 6.45) is 9.75. The maximum atomic E-state index is 11.3. The number of fused-ring (bicyclic) bond motifs is 1. The number of anilines is 3. The first-order valence-electron chi connectivity index (χ1n) is 13.3. The number of aromatic nitrogens is 5. The van der Waals surface area contributed by atoms with E-state index >= 15 is 0 Å². The summed E-state index contributed by atoms with van der Waals surface area (Å²) in [7, 11) is 0. The van der Waals surface area contributed by atoms with Gasteiger partial charge in [-0.25, -0.2) is 14.5 Å². The van der Waals surface area contributed by atoms with Crippen LogP contribution in [0.3, 0.4) is 0 Å². The van der Waals surface area contributed by atoms with Gasteiger partial charge in [0.1, 0.15) is 17.0 Å². The van der Waals surface area contributed by atoms with Crippen molar-refractivity contribution >= 4 is 28.7 Å². The van der Waals surface area contributed by atoms with Crippen molar-refractivity contribution in [2.45, 2.75) is 60.3 Å². The Labute approximate surface area is 225 Å². The third-order valence-electron chi connectivity index (χ3n) is 6.00. The summed E-state index contributed by atoms with van der Waals surface area (Å²) in [4.78, 5) is 24.5. The lowest BCUT2D eigenvalue weighted by molar-refractivity contribution is -0.114. The number of pyridine rings is 2. The van der Waals surface area contributed by atoms with Crippen LogP contribution in [0, 0.1) is 5.92 Å². The molecular weight excluding hydrogens is 478 g/mol. The number of nitrogens with zero attached hydrogens (tertiary/aromatic N) is 5. The Morgan fingerprint density at radius 1 is 1.08 bits per heavy atom. The largest absolute Gasteiger partial charge is 0.381 e. The van der Waals surface area contributed by atoms with Crippen molar-refractivity contribution in [1.82, 2.24) is 24.6 Å². The van der Waals surface area contributed by atoms with E-state index in [1.54, 1.807) is 18.5 Å². The quantitative estimate of drug-likeness (QED) is 0.225. The molecule has 4 heterocycles. The second kappa shape index (κ2) is 14.8. The Morgan fingerprint density at radius 2 is 1.92 bits per heavy atom. The van der Waals surface area contributed by atoms with Crippen LogP contribution in [0.1, 0.15) is 59.4 Å². The Morgan fingerprint density at radius 3 is 2.61 bits per heavy atom. The van der Waals surface area contributed by atoms with E-state index in [9.17, 15) is 4.79 Å². The normalized spacial score (nSPS) is 11.5. The highest BCUT2D eigenvalue weighted by Gasteiger charge is 2.14. The SMILES string of the molecule is CCCOCC[C@H](C)CC.CCc1ccn2nc(-c3ccccn3)nc(Nc3ccnc(NC(C)=O)c3)c12. The summed E-state index contributed by atoms with van der Waals surface area (Å²) in [6.45, 7) is 12.1. The first kappa shape index (κ1) is 28.7. The molecule has 1 amide bonds. The van der Waals surface area contributed by atoms with E-state index in [2.05, 4.69) is 53.4 Å². The molecule has 0 saturated carbocycles. The highest BCUT2D eigenvalue weighted by atomic mass is 16.5. The molecule has 0 aliphatic carbocycles. The molecule has 4 aromatic heterocycles. The lowest BCUT2D eigenvalue weighted by Crippen LogP contribution is -2.08. The van der Waals surface area contributed by atoms with Crippen LogP contribution in [0.2, 0.25) is 0 Å². The second-order valence-corrected chi connectivity index (χ2v) is 9.14. The molecule has 0 spiro atoms. The first-order valence-corrected chi connectivity index (χ1v) is 13.3. The number of carbonyl (C=O) groups is 1. The van der Waals surface area contributed by atoms with Crippen LogP contribution < -0.4 is 10.6 Å². The minimum absolute atomic E-state index is 0.175. The third-order valence-corrected chi connectivity index (χ3v) is 6.00. The maximum Gasteiger partial charge on any atom is 0.222 e. The van der Waals surface area contributed by atoms with Gasteiger partial charge in [0, 0.05) is 50.5 Å². The summed E-state index contributed by atoms with van der Waals surface area (Å²) in [5, 5.41) is 10.6. The van der Waals surface area contributed by atoms with Crippen molar-refractivity contribution in [3.8, 4) is 11.5 Å². The predicted molar refractivity (Wildman–Crippen MR) is 153 cm³/mol. The Kier molecular flexibility index (Phi) is 11.2. The Bertz CT molecular complexity index is 1290. The van der Waals surface area contributed by atoms with Gasteiger partial charge in [0.25, 0.3) is 0 Å². The highest BCUT2D eigenvalue weighted by Crippen LogP contribution is 2.27. The Hall–Kier alpha value is -3.85. The average molecular weight is 518 g/mol. The molecule has 0 aliphatic rings. The van der Waals surface area contributed by atoms with E-state index in [0.29, 0.717) is 23.2 Å². The van der Waals surface area contributed by atoms with Gasteiger partial charge in [0.15, 0.2) is 5.82 Å². The molecule has 202 valence electrons. The minimum Gasteiger partial charge on any atom is -0.381 e. The molecule has 4 rings (SSSR count). The standard InChI is InChI=1S/C20H19N7O.C9H20O/c1-3-14-8-11-27-18(14)20(25-19(26-27)16-6-4-5-9-21-16)24-15-7-10-22-17(12-15)23-13(2)28;1-4-7-10-8-6-9(3)5-2/h4-12H,3H2,1-2H3,(H2,22,23,24,25,26,28);9H,4-8H2,1-3H3/t;9-/m.1/s1. The van der Waals surface area contributed by atoms with Gasteiger partial charge in [-0.05, 0) is 55.0 Å². The van der Waals surface area contributed by atoms with Crippen molar-refractivity contribution in [2.75, 3.05) is 23.8 Å². The van der Waals surface area contributed by atoms with E-state index < -0.39 is 0 Å². The number of nitrogens with one attached hydrogen (secondary N) is 2. The van der Waals surface area contributed by atoms with Gasteiger partial charge in [-0.1, -0.05) is 40.2 Å². The molecule has 38 heavy (non-hydrogen) atoms. The maximum absolute atomic E-state index is 11.3. The number of hydrogen-bond acceptors (Lipinski definition) is 7. The molecular formula is C29H39N7O2. The molecule has 0 saturated heterocycles. The number of aryl methyl sites for hydroxylation is 1. The lowest BCUT2D eigenvalue weighted by Gasteiger charge is -2.11. The number of carbonyl (C=O) groups excluding carboxylic acids is 1. The fourth-order valence-corrected chi connectivity index (χ4v) is 3.69. The first-order chi connectivity index (χ1) is 18.4. The summed E-state index contributed by atoms with van der Waals surface area (Å²) in [6, 6.07) is 11.2. The van der Waals surface area contributed by atoms with Gasteiger partial charge < -0.3 is 15.4 Å². The molecule has 0 bridgehead atoms. The number of ether oxygens (including phenoxy) is 1. The number of amides is 1. The monoisotopic (exact) mass is 517 g/mol. The molecule has 9 heteroatoms. The summed E-state index contributed by atoms with van der Waals surface area (Å²) < 4.78 is 7.17. The van der Waals surface area contributed by atoms with E-state index in [-0.39, 0.29) is 5.91 Å². The van der Waals surface area contributed by atoms with Crippen LogP contribution in [0.25, 0.3) is 17.0 Å². The molecule has 0 aromatic carbocycles. The molecule has 2 N–H and O–H groups in total. The summed E-state index contributed by atoms with van der Waals surface area (Å²) >= 11 is 0. The van der Waals surface area contributed by atoms with Crippen LogP contribution in [-0.4, -0.2) is 43.7 Å². The number of hydrogen-bond donors (Lipinski definition) is 2. The van der Waals surface area contributed by atoms with Crippen LogP contribution in [0.15, 0.2) is 55.0 Å². The molecule has 9 nitrogen and oxygen atoms in total. The molecule has 0 unspecified atom stereocenters. The molecule has 0 aliphatic heterocycles. The van der Waals surface area contributed by atoms with Gasteiger partial charge in [-0.15, -0.1) is 5.10 Å². The van der Waals surface area contributed by atoms with E-state index in [4.69, 9.17) is 9.72 Å².